The van der Waals surface area contributed by atoms with E-state index in [2.05, 4.69) is 15.3 Å². The molecule has 1 aliphatic rings. The topological polar surface area (TPSA) is 93.0 Å². The summed E-state index contributed by atoms with van der Waals surface area (Å²) in [5.74, 6) is 0.668. The molecule has 0 saturated carbocycles. The lowest BCUT2D eigenvalue weighted by Gasteiger charge is -2.22. The zero-order valence-electron chi connectivity index (χ0n) is 18.0. The lowest BCUT2D eigenvalue weighted by Crippen LogP contribution is -2.21. The molecule has 0 bridgehead atoms. The summed E-state index contributed by atoms with van der Waals surface area (Å²) in [5.41, 5.74) is 9.96. The van der Waals surface area contributed by atoms with Gasteiger partial charge < -0.3 is 15.5 Å². The Bertz CT molecular complexity index is 1120. The zero-order chi connectivity index (χ0) is 22.5. The van der Waals surface area contributed by atoms with Crippen LogP contribution in [-0.4, -0.2) is 35.3 Å². The minimum absolute atomic E-state index is 0.242. The second kappa shape index (κ2) is 10.4. The Kier molecular flexibility index (Phi) is 7.40. The number of anilines is 1. The number of hydrogen-bond acceptors (Lipinski definition) is 5. The van der Waals surface area contributed by atoms with Crippen LogP contribution in [0, 0.1) is 5.92 Å². The number of carbonyl (C=O) groups excluding carboxylic acids is 1. The molecule has 4 N–H and O–H groups in total. The SMILES string of the molecule is CSc1ccc(/C(N)=C(\CCC2CCOCC2)C(=O)Nc2nc3ccc(Cl)cc3[nH]2)cc1. The van der Waals surface area contributed by atoms with Gasteiger partial charge in [0.1, 0.15) is 0 Å². The number of hydrogen-bond donors (Lipinski definition) is 3. The molecule has 1 amide bonds. The monoisotopic (exact) mass is 470 g/mol. The predicted molar refractivity (Wildman–Crippen MR) is 132 cm³/mol. The number of nitrogens with one attached hydrogen (secondary N) is 2. The highest BCUT2D eigenvalue weighted by atomic mass is 35.5. The summed E-state index contributed by atoms with van der Waals surface area (Å²) in [7, 11) is 0. The van der Waals surface area contributed by atoms with E-state index in [-0.39, 0.29) is 5.91 Å². The minimum Gasteiger partial charge on any atom is -0.398 e. The molecule has 8 heteroatoms. The minimum atomic E-state index is -0.242. The van der Waals surface area contributed by atoms with Gasteiger partial charge in [-0.1, -0.05) is 23.7 Å². The van der Waals surface area contributed by atoms with E-state index in [1.54, 1.807) is 23.9 Å². The number of halogens is 1. The van der Waals surface area contributed by atoms with Crippen LogP contribution in [0.4, 0.5) is 5.95 Å². The molecule has 2 aromatic carbocycles. The number of aromatic amines is 1. The van der Waals surface area contributed by atoms with Gasteiger partial charge in [-0.2, -0.15) is 0 Å². The average molecular weight is 471 g/mol. The molecule has 0 radical (unpaired) electrons. The number of aromatic nitrogens is 2. The third-order valence-corrected chi connectivity index (χ3v) is 6.80. The number of benzene rings is 2. The summed E-state index contributed by atoms with van der Waals surface area (Å²) in [6.45, 7) is 1.56. The number of carbonyl (C=O) groups is 1. The highest BCUT2D eigenvalue weighted by molar-refractivity contribution is 7.98. The number of nitrogens with zero attached hydrogens (tertiary/aromatic N) is 1. The van der Waals surface area contributed by atoms with E-state index in [1.165, 1.54) is 0 Å². The average Bonchev–Trinajstić information content (AvgIpc) is 3.21. The lowest BCUT2D eigenvalue weighted by molar-refractivity contribution is -0.113. The van der Waals surface area contributed by atoms with Gasteiger partial charge >= 0.3 is 0 Å². The van der Waals surface area contributed by atoms with Crippen molar-refractivity contribution in [3.63, 3.8) is 0 Å². The van der Waals surface area contributed by atoms with E-state index in [0.717, 1.165) is 54.0 Å². The standard InChI is InChI=1S/C24H27ClN4O2S/c1-32-18-6-3-16(4-7-18)22(26)19(8-2-15-10-12-31-13-11-15)23(30)29-24-27-20-9-5-17(25)14-21(20)28-24/h3-7,9,14-15H,2,8,10-13,26H2,1H3,(H2,27,28,29,30)/b22-19-. The van der Waals surface area contributed by atoms with Crippen molar-refractivity contribution in [3.8, 4) is 0 Å². The van der Waals surface area contributed by atoms with Gasteiger partial charge in [-0.05, 0) is 73.8 Å². The summed E-state index contributed by atoms with van der Waals surface area (Å²) < 4.78 is 5.47. The summed E-state index contributed by atoms with van der Waals surface area (Å²) >= 11 is 7.73. The van der Waals surface area contributed by atoms with Crippen LogP contribution >= 0.6 is 23.4 Å². The fraction of sp³-hybridized carbons (Fsp3) is 0.333. The van der Waals surface area contributed by atoms with Crippen molar-refractivity contribution in [1.82, 2.24) is 9.97 Å². The maximum absolute atomic E-state index is 13.3. The van der Waals surface area contributed by atoms with E-state index in [1.807, 2.05) is 36.6 Å². The zero-order valence-corrected chi connectivity index (χ0v) is 19.6. The van der Waals surface area contributed by atoms with Crippen LogP contribution in [0.2, 0.25) is 5.02 Å². The fourth-order valence-corrected chi connectivity index (χ4v) is 4.50. The molecule has 168 valence electrons. The Hall–Kier alpha value is -2.48. The molecule has 1 aliphatic heterocycles. The van der Waals surface area contributed by atoms with Crippen LogP contribution in [0.3, 0.4) is 0 Å². The van der Waals surface area contributed by atoms with E-state index < -0.39 is 0 Å². The molecule has 0 aliphatic carbocycles. The van der Waals surface area contributed by atoms with Gasteiger partial charge in [0.15, 0.2) is 0 Å². The van der Waals surface area contributed by atoms with Gasteiger partial charge in [-0.25, -0.2) is 4.98 Å². The molecule has 1 aromatic heterocycles. The molecule has 0 spiro atoms. The molecule has 0 atom stereocenters. The molecule has 0 unspecified atom stereocenters. The molecular formula is C24H27ClN4O2S. The Labute approximate surface area is 197 Å². The molecule has 1 fully saturated rings. The number of thioether (sulfide) groups is 1. The van der Waals surface area contributed by atoms with Crippen molar-refractivity contribution >= 4 is 51.9 Å². The Morgan fingerprint density at radius 2 is 2.00 bits per heavy atom. The number of amides is 1. The summed E-state index contributed by atoms with van der Waals surface area (Å²) in [6, 6.07) is 13.3. The van der Waals surface area contributed by atoms with Crippen molar-refractivity contribution in [2.24, 2.45) is 11.7 Å². The largest absolute Gasteiger partial charge is 0.398 e. The van der Waals surface area contributed by atoms with Gasteiger partial charge in [0.05, 0.1) is 11.0 Å². The number of H-pyrrole nitrogens is 1. The second-order valence-corrected chi connectivity index (χ2v) is 9.23. The molecule has 2 heterocycles. The molecule has 3 aromatic rings. The van der Waals surface area contributed by atoms with Crippen LogP contribution in [0.15, 0.2) is 52.9 Å². The summed E-state index contributed by atoms with van der Waals surface area (Å²) in [4.78, 5) is 22.0. The third-order valence-electron chi connectivity index (χ3n) is 5.82. The van der Waals surface area contributed by atoms with Crippen LogP contribution in [0.5, 0.6) is 0 Å². The molecule has 32 heavy (non-hydrogen) atoms. The van der Waals surface area contributed by atoms with Crippen LogP contribution < -0.4 is 11.1 Å². The fourth-order valence-electron chi connectivity index (χ4n) is 3.92. The van der Waals surface area contributed by atoms with Gasteiger partial charge in [0, 0.05) is 34.4 Å². The predicted octanol–water partition coefficient (Wildman–Crippen LogP) is 5.45. The first-order valence-electron chi connectivity index (χ1n) is 10.7. The molecule has 1 saturated heterocycles. The number of nitrogens with two attached hydrogens (primary N) is 1. The molecular weight excluding hydrogens is 444 g/mol. The quantitative estimate of drug-likeness (QED) is 0.315. The third kappa shape index (κ3) is 5.46. The van der Waals surface area contributed by atoms with E-state index >= 15 is 0 Å². The van der Waals surface area contributed by atoms with Crippen LogP contribution in [0.25, 0.3) is 16.7 Å². The summed E-state index contributed by atoms with van der Waals surface area (Å²) in [6.07, 6.45) is 5.55. The van der Waals surface area contributed by atoms with E-state index in [0.29, 0.717) is 34.6 Å². The van der Waals surface area contributed by atoms with Crippen molar-refractivity contribution in [2.45, 2.75) is 30.6 Å². The Morgan fingerprint density at radius 3 is 2.72 bits per heavy atom. The first kappa shape index (κ1) is 22.7. The molecule has 6 nitrogen and oxygen atoms in total. The smallest absolute Gasteiger partial charge is 0.255 e. The number of ether oxygens (including phenoxy) is 1. The molecule has 4 rings (SSSR count). The van der Waals surface area contributed by atoms with E-state index in [9.17, 15) is 4.79 Å². The van der Waals surface area contributed by atoms with Crippen LogP contribution in [0.1, 0.15) is 31.2 Å². The number of fused-ring (bicyclic) bond motifs is 1. The first-order chi connectivity index (χ1) is 15.5. The van der Waals surface area contributed by atoms with Gasteiger partial charge in [0.25, 0.3) is 5.91 Å². The number of rotatable bonds is 7. The Balaban J connectivity index is 1.58. The van der Waals surface area contributed by atoms with Gasteiger partial charge in [-0.15, -0.1) is 11.8 Å². The van der Waals surface area contributed by atoms with E-state index in [4.69, 9.17) is 22.1 Å². The van der Waals surface area contributed by atoms with Gasteiger partial charge in [-0.3, -0.25) is 10.1 Å². The highest BCUT2D eigenvalue weighted by Gasteiger charge is 2.20. The maximum Gasteiger partial charge on any atom is 0.255 e. The second-order valence-electron chi connectivity index (χ2n) is 7.92. The summed E-state index contributed by atoms with van der Waals surface area (Å²) in [5, 5.41) is 3.50. The Morgan fingerprint density at radius 1 is 1.25 bits per heavy atom. The van der Waals surface area contributed by atoms with Gasteiger partial charge in [0.2, 0.25) is 5.95 Å². The first-order valence-corrected chi connectivity index (χ1v) is 12.3. The van der Waals surface area contributed by atoms with Crippen LogP contribution in [-0.2, 0) is 9.53 Å². The normalized spacial score (nSPS) is 15.6. The number of imidazole rings is 1. The van der Waals surface area contributed by atoms with Crippen molar-refractivity contribution in [1.29, 1.82) is 0 Å². The van der Waals surface area contributed by atoms with Crippen molar-refractivity contribution in [2.75, 3.05) is 24.8 Å². The van der Waals surface area contributed by atoms with Crippen molar-refractivity contribution < 1.29 is 9.53 Å². The van der Waals surface area contributed by atoms with Crippen molar-refractivity contribution in [3.05, 3.63) is 58.6 Å². The highest BCUT2D eigenvalue weighted by Crippen LogP contribution is 2.27. The maximum atomic E-state index is 13.3. The lowest BCUT2D eigenvalue weighted by atomic mass is 9.91.